The second kappa shape index (κ2) is 14.1. The van der Waals surface area contributed by atoms with E-state index in [2.05, 4.69) is 31.1 Å². The minimum Gasteiger partial charge on any atom is -0.332 e. The average Bonchev–Trinajstić information content (AvgIpc) is 2.97. The number of hydrogen-bond donors (Lipinski definition) is 2. The van der Waals surface area contributed by atoms with Crippen LogP contribution in [0.15, 0.2) is 69.0 Å². The van der Waals surface area contributed by atoms with Gasteiger partial charge in [0, 0.05) is 36.3 Å². The fourth-order valence-corrected chi connectivity index (χ4v) is 5.45. The van der Waals surface area contributed by atoms with E-state index in [1.165, 1.54) is 48.5 Å². The van der Waals surface area contributed by atoms with Crippen LogP contribution < -0.4 is 10.6 Å². The lowest BCUT2D eigenvalue weighted by Gasteiger charge is -2.34. The van der Waals surface area contributed by atoms with Crippen LogP contribution in [0.5, 0.6) is 0 Å². The Morgan fingerprint density at radius 3 is 1.29 bits per heavy atom. The van der Waals surface area contributed by atoms with E-state index < -0.39 is 21.9 Å². The van der Waals surface area contributed by atoms with Gasteiger partial charge >= 0.3 is 12.1 Å². The number of carbonyl (C=O) groups is 2. The van der Waals surface area contributed by atoms with Gasteiger partial charge in [-0.25, -0.2) is 9.59 Å². The van der Waals surface area contributed by atoms with Crippen molar-refractivity contribution in [1.29, 1.82) is 0 Å². The van der Waals surface area contributed by atoms with Gasteiger partial charge in [-0.2, -0.15) is 0 Å². The minimum absolute atomic E-state index is 0.0500. The smallest absolute Gasteiger partial charge is 0.332 e. The van der Waals surface area contributed by atoms with Crippen molar-refractivity contribution in [3.63, 3.8) is 0 Å². The summed E-state index contributed by atoms with van der Waals surface area (Å²) in [5.41, 5.74) is 0.641. The fourth-order valence-electron chi connectivity index (χ4n) is 5.45. The molecule has 2 N–H and O–H groups in total. The van der Waals surface area contributed by atoms with Crippen LogP contribution in [0, 0.1) is 32.1 Å². The molecule has 2 aliphatic carbocycles. The van der Waals surface area contributed by atoms with Crippen LogP contribution in [0.1, 0.15) is 57.8 Å². The van der Waals surface area contributed by atoms with E-state index in [9.17, 15) is 29.8 Å². The third-order valence-corrected chi connectivity index (χ3v) is 7.65. The van der Waals surface area contributed by atoms with Crippen molar-refractivity contribution in [1.82, 2.24) is 10.6 Å². The zero-order chi connectivity index (χ0) is 29.2. The Labute approximate surface area is 236 Å². The molecule has 0 heterocycles. The summed E-state index contributed by atoms with van der Waals surface area (Å²) in [6.45, 7) is 0. The first-order valence-corrected chi connectivity index (χ1v) is 13.7. The van der Waals surface area contributed by atoms with E-state index >= 15 is 0 Å². The van der Waals surface area contributed by atoms with E-state index in [1.54, 1.807) is 0 Å². The summed E-state index contributed by atoms with van der Waals surface area (Å²) in [5.74, 6) is 1.22. The number of nitrogens with zero attached hydrogens (tertiary/aromatic N) is 6. The second-order valence-corrected chi connectivity index (χ2v) is 10.5. The molecule has 216 valence electrons. The molecular weight excluding hydrogens is 532 g/mol. The molecule has 41 heavy (non-hydrogen) atoms. The number of benzene rings is 2. The molecule has 0 aromatic heterocycles. The molecule has 4 rings (SSSR count). The molecule has 2 fully saturated rings. The molecule has 0 saturated heterocycles. The highest BCUT2D eigenvalue weighted by atomic mass is 16.6. The Kier molecular flexibility index (Phi) is 10.1. The highest BCUT2D eigenvalue weighted by molar-refractivity contribution is 5.75. The molecule has 0 atom stereocenters. The SMILES string of the molecule is O=C(N=Nc1ccc([N+](=O)[O-])cc1)NC1CCC(CC2CCC(NC(=O)N=Nc3ccc([N+](=O)[O-])cc3)CC2)CC1. The number of hydrogen-bond acceptors (Lipinski definition) is 8. The molecule has 14 nitrogen and oxygen atoms in total. The normalized spacial score (nSPS) is 22.8. The lowest BCUT2D eigenvalue weighted by atomic mass is 9.76. The van der Waals surface area contributed by atoms with Gasteiger partial charge < -0.3 is 10.6 Å². The van der Waals surface area contributed by atoms with Gasteiger partial charge in [-0.3, -0.25) is 20.2 Å². The number of nitro groups is 2. The Balaban J connectivity index is 1.11. The van der Waals surface area contributed by atoms with Crippen LogP contribution in [-0.2, 0) is 0 Å². The number of amides is 4. The van der Waals surface area contributed by atoms with Gasteiger partial charge in [0.1, 0.15) is 0 Å². The maximum atomic E-state index is 12.2. The minimum atomic E-state index is -0.514. The summed E-state index contributed by atoms with van der Waals surface area (Å²) in [5, 5.41) is 42.3. The summed E-state index contributed by atoms with van der Waals surface area (Å²) >= 11 is 0. The molecule has 2 aliphatic rings. The number of non-ortho nitro benzene ring substituents is 2. The van der Waals surface area contributed by atoms with E-state index in [0.717, 1.165) is 57.8 Å². The van der Waals surface area contributed by atoms with Gasteiger partial charge in [-0.05, 0) is 93.9 Å². The Morgan fingerprint density at radius 2 is 0.976 bits per heavy atom. The Hall–Kier alpha value is -4.62. The summed E-state index contributed by atoms with van der Waals surface area (Å²) in [7, 11) is 0. The van der Waals surface area contributed by atoms with E-state index in [1.807, 2.05) is 0 Å². The first-order valence-electron chi connectivity index (χ1n) is 13.7. The topological polar surface area (TPSA) is 194 Å². The van der Waals surface area contributed by atoms with Crippen LogP contribution >= 0.6 is 0 Å². The lowest BCUT2D eigenvalue weighted by molar-refractivity contribution is -0.385. The molecule has 2 aromatic carbocycles. The van der Waals surface area contributed by atoms with E-state index in [4.69, 9.17) is 0 Å². The maximum Gasteiger partial charge on any atom is 0.359 e. The predicted molar refractivity (Wildman–Crippen MR) is 148 cm³/mol. The van der Waals surface area contributed by atoms with Crippen molar-refractivity contribution in [3.8, 4) is 0 Å². The van der Waals surface area contributed by atoms with Crippen molar-refractivity contribution in [2.24, 2.45) is 32.3 Å². The van der Waals surface area contributed by atoms with Crippen LogP contribution in [-0.4, -0.2) is 34.0 Å². The van der Waals surface area contributed by atoms with Gasteiger partial charge in [0.2, 0.25) is 0 Å². The first-order chi connectivity index (χ1) is 19.7. The standard InChI is InChI=1S/C27H32N8O6/c36-26(32-30-22-9-13-24(14-10-22)34(38)39)28-20-5-1-18(2-6-20)17-19-3-7-21(8-4-19)29-27(37)33-31-23-11-15-25(16-12-23)35(40)41/h9-16,18-21H,1-8,17H2,(H,28,36)(H,29,37). The van der Waals surface area contributed by atoms with Crippen molar-refractivity contribution in [2.45, 2.75) is 69.9 Å². The van der Waals surface area contributed by atoms with Gasteiger partial charge in [-0.1, -0.05) is 10.2 Å². The van der Waals surface area contributed by atoms with Gasteiger partial charge in [0.15, 0.2) is 0 Å². The molecule has 0 aliphatic heterocycles. The summed E-state index contributed by atoms with van der Waals surface area (Å²) in [6.07, 6.45) is 8.80. The zero-order valence-corrected chi connectivity index (χ0v) is 22.4. The molecule has 0 bridgehead atoms. The van der Waals surface area contributed by atoms with Crippen LogP contribution in [0.2, 0.25) is 0 Å². The van der Waals surface area contributed by atoms with Gasteiger partial charge in [-0.15, -0.1) is 10.2 Å². The summed E-state index contributed by atoms with van der Waals surface area (Å²) in [4.78, 5) is 44.8. The quantitative estimate of drug-likeness (QED) is 0.192. The summed E-state index contributed by atoms with van der Waals surface area (Å²) < 4.78 is 0. The Morgan fingerprint density at radius 1 is 0.634 bits per heavy atom. The number of urea groups is 2. The number of nitro benzene ring substituents is 2. The van der Waals surface area contributed by atoms with Crippen LogP contribution in [0.4, 0.5) is 32.3 Å². The Bertz CT molecular complexity index is 1180. The van der Waals surface area contributed by atoms with Crippen molar-refractivity contribution in [3.05, 3.63) is 68.8 Å². The number of nitrogens with one attached hydrogen (secondary N) is 2. The van der Waals surface area contributed by atoms with Crippen LogP contribution in [0.3, 0.4) is 0 Å². The highest BCUT2D eigenvalue weighted by Gasteiger charge is 2.28. The van der Waals surface area contributed by atoms with E-state index in [-0.39, 0.29) is 23.5 Å². The third kappa shape index (κ3) is 9.22. The zero-order valence-electron chi connectivity index (χ0n) is 22.4. The molecular formula is C27H32N8O6. The maximum absolute atomic E-state index is 12.2. The molecule has 0 unspecified atom stereocenters. The first kappa shape index (κ1) is 29.4. The number of azo groups is 2. The third-order valence-electron chi connectivity index (χ3n) is 7.65. The molecule has 0 spiro atoms. The molecule has 2 aromatic rings. The largest absolute Gasteiger partial charge is 0.359 e. The molecule has 14 heteroatoms. The predicted octanol–water partition coefficient (Wildman–Crippen LogP) is 7.30. The number of rotatable bonds is 8. The van der Waals surface area contributed by atoms with Crippen molar-refractivity contribution >= 4 is 34.8 Å². The second-order valence-electron chi connectivity index (χ2n) is 10.5. The van der Waals surface area contributed by atoms with Crippen molar-refractivity contribution < 1.29 is 19.4 Å². The van der Waals surface area contributed by atoms with Gasteiger partial charge in [0.25, 0.3) is 11.4 Å². The van der Waals surface area contributed by atoms with Crippen molar-refractivity contribution in [2.75, 3.05) is 0 Å². The highest BCUT2D eigenvalue weighted by Crippen LogP contribution is 2.35. The average molecular weight is 565 g/mol. The molecule has 2 saturated carbocycles. The van der Waals surface area contributed by atoms with Crippen LogP contribution in [0.25, 0.3) is 0 Å². The summed E-state index contributed by atoms with van der Waals surface area (Å²) in [6, 6.07) is 10.1. The van der Waals surface area contributed by atoms with E-state index in [0.29, 0.717) is 23.2 Å². The number of carbonyl (C=O) groups excluding carboxylic acids is 2. The fraction of sp³-hybridized carbons (Fsp3) is 0.481. The lowest BCUT2D eigenvalue weighted by Crippen LogP contribution is -2.37. The molecule has 0 radical (unpaired) electrons. The monoisotopic (exact) mass is 564 g/mol. The molecule has 4 amide bonds. The van der Waals surface area contributed by atoms with Gasteiger partial charge in [0.05, 0.1) is 21.2 Å².